The molecule has 0 saturated heterocycles. The molecule has 0 atom stereocenters. The van der Waals surface area contributed by atoms with Crippen LogP contribution in [0.3, 0.4) is 0 Å². The minimum atomic E-state index is -2.10. The lowest BCUT2D eigenvalue weighted by Crippen LogP contribution is -2.33. The summed E-state index contributed by atoms with van der Waals surface area (Å²) in [6.45, 7) is 0.929. The topological polar surface area (TPSA) is 193 Å². The van der Waals surface area contributed by atoms with E-state index in [0.29, 0.717) is 55.0 Å². The van der Waals surface area contributed by atoms with Gasteiger partial charge in [0.1, 0.15) is 0 Å². The summed E-state index contributed by atoms with van der Waals surface area (Å²) in [6, 6.07) is 0. The van der Waals surface area contributed by atoms with E-state index in [2.05, 4.69) is 15.4 Å². The molecule has 0 bridgehead atoms. The number of halogens is 10. The predicted molar refractivity (Wildman–Crippen MR) is 220 cm³/mol. The fraction of sp³-hybridized carbons (Fsp3) is 0.174. The highest BCUT2D eigenvalue weighted by Gasteiger charge is 2.29. The van der Waals surface area contributed by atoms with Crippen LogP contribution in [-0.4, -0.2) is 69.3 Å². The van der Waals surface area contributed by atoms with E-state index in [1.54, 1.807) is 14.1 Å². The summed E-state index contributed by atoms with van der Waals surface area (Å²) in [6.07, 6.45) is -2.10. The van der Waals surface area contributed by atoms with Gasteiger partial charge in [0.15, 0.2) is 0 Å². The Labute approximate surface area is 356 Å². The molecular formula is C23H14Cl4I6N2O10. The Morgan fingerprint density at radius 3 is 0.889 bits per heavy atom. The number of hydrogen-bond donors (Lipinski definition) is 4. The molecule has 22 heteroatoms. The van der Waals surface area contributed by atoms with Gasteiger partial charge in [0.2, 0.25) is 0 Å². The number of benzene rings is 2. The largest absolute Gasteiger partial charge is 0.478 e. The number of esters is 1. The van der Waals surface area contributed by atoms with E-state index in [0.717, 1.165) is 6.92 Å². The van der Waals surface area contributed by atoms with E-state index in [9.17, 15) is 33.6 Å². The molecule has 2 aromatic carbocycles. The number of hydrogen-bond acceptors (Lipinski definition) is 10. The molecule has 45 heavy (non-hydrogen) atoms. The van der Waals surface area contributed by atoms with Gasteiger partial charge >= 0.3 is 17.9 Å². The van der Waals surface area contributed by atoms with E-state index < -0.39 is 45.0 Å². The lowest BCUT2D eigenvalue weighted by atomic mass is 10.1. The van der Waals surface area contributed by atoms with Crippen molar-refractivity contribution in [1.29, 1.82) is 0 Å². The van der Waals surface area contributed by atoms with Crippen LogP contribution in [-0.2, 0) is 19.1 Å². The Hall–Kier alpha value is 0.670. The van der Waals surface area contributed by atoms with E-state index in [4.69, 9.17) is 56.6 Å². The van der Waals surface area contributed by atoms with E-state index in [-0.39, 0.29) is 0 Å². The maximum Gasteiger partial charge on any atom is 0.356 e. The molecule has 0 unspecified atom stereocenters. The lowest BCUT2D eigenvalue weighted by Gasteiger charge is -2.15. The second-order valence-electron chi connectivity index (χ2n) is 7.39. The van der Waals surface area contributed by atoms with Gasteiger partial charge in [-0.15, -0.1) is 0 Å². The van der Waals surface area contributed by atoms with Gasteiger partial charge in [-0.05, 0) is 182 Å². The molecule has 0 spiro atoms. The molecule has 0 heterocycles. The Balaban J connectivity index is 0.000000664. The van der Waals surface area contributed by atoms with E-state index in [1.807, 2.05) is 136 Å². The number of aliphatic carboxylic acids is 2. The Kier molecular flexibility index (Phi) is 21.3. The Morgan fingerprint density at radius 1 is 0.556 bits per heavy atom. The lowest BCUT2D eigenvalue weighted by molar-refractivity contribution is -0.173. The predicted octanol–water partition coefficient (Wildman–Crippen LogP) is 7.69. The van der Waals surface area contributed by atoms with Crippen molar-refractivity contribution >= 4 is 232 Å². The summed E-state index contributed by atoms with van der Waals surface area (Å²) in [5.41, 5.74) is 2.59. The van der Waals surface area contributed by atoms with Crippen molar-refractivity contribution in [2.75, 3.05) is 24.7 Å². The van der Waals surface area contributed by atoms with Gasteiger partial charge in [0, 0.05) is 28.2 Å². The molecule has 0 aliphatic heterocycles. The number of ether oxygens (including phenoxy) is 1. The van der Waals surface area contributed by atoms with Crippen LogP contribution in [0.25, 0.3) is 0 Å². The molecule has 2 aromatic rings. The zero-order valence-corrected chi connectivity index (χ0v) is 38.0. The molecule has 12 nitrogen and oxygen atoms in total. The van der Waals surface area contributed by atoms with Crippen LogP contribution in [0.1, 0.15) is 48.4 Å². The first kappa shape index (κ1) is 45.7. The molecule has 0 amide bonds. The third kappa shape index (κ3) is 12.5. The maximum atomic E-state index is 11.4. The second-order valence-corrected chi connectivity index (χ2v) is 15.2. The maximum absolute atomic E-state index is 11.4. The third-order valence-electron chi connectivity index (χ3n) is 4.65. The summed E-state index contributed by atoms with van der Waals surface area (Å²) in [5.74, 6) is -4.35. The van der Waals surface area contributed by atoms with Crippen molar-refractivity contribution in [2.45, 2.75) is 13.0 Å². The minimum Gasteiger partial charge on any atom is -0.478 e. The van der Waals surface area contributed by atoms with Crippen LogP contribution in [0.5, 0.6) is 0 Å². The van der Waals surface area contributed by atoms with Gasteiger partial charge in [0.05, 0.1) is 47.9 Å². The molecule has 4 N–H and O–H groups in total. The normalized spacial score (nSPS) is 10.0. The monoisotopic (exact) mass is 1380 g/mol. The number of carbonyl (C=O) groups excluding carboxylic acids is 5. The highest BCUT2D eigenvalue weighted by Crippen LogP contribution is 2.38. The average molecular weight is 1380 g/mol. The van der Waals surface area contributed by atoms with Crippen LogP contribution in [0, 0.1) is 21.4 Å². The highest BCUT2D eigenvalue weighted by atomic mass is 127. The Morgan fingerprint density at radius 2 is 0.778 bits per heavy atom. The highest BCUT2D eigenvalue weighted by molar-refractivity contribution is 14.1. The van der Waals surface area contributed by atoms with Crippen LogP contribution in [0.2, 0.25) is 0 Å². The van der Waals surface area contributed by atoms with Crippen LogP contribution in [0.15, 0.2) is 0 Å². The molecule has 246 valence electrons. The number of rotatable bonds is 9. The quantitative estimate of drug-likeness (QED) is 0.0830. The summed E-state index contributed by atoms with van der Waals surface area (Å²) in [7, 11) is 3.41. The second kappa shape index (κ2) is 21.0. The van der Waals surface area contributed by atoms with Crippen molar-refractivity contribution in [3.05, 3.63) is 43.7 Å². The van der Waals surface area contributed by atoms with Crippen molar-refractivity contribution in [1.82, 2.24) is 0 Å². The zero-order chi connectivity index (χ0) is 35.7. The first-order valence-corrected chi connectivity index (χ1v) is 18.8. The van der Waals surface area contributed by atoms with Gasteiger partial charge in [-0.1, -0.05) is 0 Å². The van der Waals surface area contributed by atoms with Crippen LogP contribution >= 0.6 is 182 Å². The Bertz CT molecular complexity index is 1400. The molecule has 0 aliphatic rings. The number of anilines is 2. The molecule has 2 rings (SSSR count). The first-order chi connectivity index (χ1) is 20.6. The van der Waals surface area contributed by atoms with Crippen molar-refractivity contribution in [3.8, 4) is 0 Å². The standard InChI is InChI=1S/2C9H4Cl2I3NO2.C5H6O6/c2*1-15-7-5(13)2(8(10)16)4(12)3(6(7)14)9(11)17;1-2(6)11-3(4(7)8)5(9)10/h2*15H,1H3;3H,1H3,(H,7,8)(H,9,10). The summed E-state index contributed by atoms with van der Waals surface area (Å²) in [5, 5.41) is 19.7. The molecule has 0 aromatic heterocycles. The van der Waals surface area contributed by atoms with Crippen molar-refractivity contribution in [2.24, 2.45) is 0 Å². The molecule has 0 radical (unpaired) electrons. The van der Waals surface area contributed by atoms with E-state index >= 15 is 0 Å². The molecular weight excluding hydrogens is 1370 g/mol. The zero-order valence-electron chi connectivity index (χ0n) is 22.0. The molecule has 0 aliphatic carbocycles. The average Bonchev–Trinajstić information content (AvgIpc) is 2.87. The first-order valence-electron chi connectivity index (χ1n) is 10.8. The van der Waals surface area contributed by atoms with Crippen molar-refractivity contribution in [3.63, 3.8) is 0 Å². The SMILES string of the molecule is CC(=O)OC(C(=O)O)C(=O)O.CNc1c(I)c(C(=O)Cl)c(I)c(C(=O)Cl)c1I.CNc1c(I)c(C(=O)Cl)c(I)c(C(=O)Cl)c1I. The summed E-state index contributed by atoms with van der Waals surface area (Å²) < 4.78 is 7.62. The smallest absolute Gasteiger partial charge is 0.356 e. The molecule has 0 fully saturated rings. The van der Waals surface area contributed by atoms with Gasteiger partial charge in [-0.25, -0.2) is 9.59 Å². The summed E-state index contributed by atoms with van der Waals surface area (Å²) in [4.78, 5) is 75.8. The van der Waals surface area contributed by atoms with Gasteiger partial charge < -0.3 is 25.6 Å². The summed E-state index contributed by atoms with van der Waals surface area (Å²) >= 11 is 34.0. The van der Waals surface area contributed by atoms with Gasteiger partial charge in [-0.2, -0.15) is 0 Å². The van der Waals surface area contributed by atoms with Gasteiger partial charge in [-0.3, -0.25) is 24.0 Å². The minimum absolute atomic E-state index is 0.307. The number of carboxylic acids is 2. The van der Waals surface area contributed by atoms with E-state index in [1.165, 1.54) is 0 Å². The molecule has 0 saturated carbocycles. The fourth-order valence-electron chi connectivity index (χ4n) is 2.83. The van der Waals surface area contributed by atoms with Crippen LogP contribution < -0.4 is 10.6 Å². The van der Waals surface area contributed by atoms with Crippen molar-refractivity contribution < 1.29 is 48.5 Å². The van der Waals surface area contributed by atoms with Crippen LogP contribution in [0.4, 0.5) is 11.4 Å². The number of carboxylic acid groups (broad SMARTS) is 2. The van der Waals surface area contributed by atoms with Gasteiger partial charge in [0.25, 0.3) is 27.1 Å². The number of nitrogens with one attached hydrogen (secondary N) is 2. The fourth-order valence-corrected chi connectivity index (χ4v) is 14.2. The number of carbonyl (C=O) groups is 7. The third-order valence-corrected chi connectivity index (χ3v) is 11.9.